The van der Waals surface area contributed by atoms with Crippen LogP contribution < -0.4 is 10.5 Å². The number of ether oxygens (including phenoxy) is 1. The van der Waals surface area contributed by atoms with Crippen molar-refractivity contribution >= 4 is 23.2 Å². The highest BCUT2D eigenvalue weighted by atomic mass is 35.5. The van der Waals surface area contributed by atoms with Gasteiger partial charge in [-0.15, -0.1) is 0 Å². The number of nitrogens with two attached hydrogens (primary N) is 1. The maximum absolute atomic E-state index is 12.8. The SMILES string of the molecule is CCN(CC)CC1CCN(C(=O)c2cc(Cl)c(N)cc2OC)C1. The number of carbonyl (C=O) groups excluding carboxylic acids is 1. The van der Waals surface area contributed by atoms with Gasteiger partial charge in [-0.1, -0.05) is 25.4 Å². The Morgan fingerprint density at radius 3 is 2.74 bits per heavy atom. The van der Waals surface area contributed by atoms with Gasteiger partial charge in [0.15, 0.2) is 0 Å². The van der Waals surface area contributed by atoms with Crippen molar-refractivity contribution in [3.63, 3.8) is 0 Å². The Hall–Kier alpha value is -1.46. The van der Waals surface area contributed by atoms with E-state index in [-0.39, 0.29) is 5.91 Å². The molecule has 0 radical (unpaired) electrons. The van der Waals surface area contributed by atoms with Crippen molar-refractivity contribution in [1.82, 2.24) is 9.80 Å². The minimum absolute atomic E-state index is 0.0363. The summed E-state index contributed by atoms with van der Waals surface area (Å²) in [5.74, 6) is 0.962. The summed E-state index contributed by atoms with van der Waals surface area (Å²) in [7, 11) is 1.53. The monoisotopic (exact) mass is 339 g/mol. The van der Waals surface area contributed by atoms with Gasteiger partial charge in [-0.05, 0) is 31.5 Å². The molecule has 128 valence electrons. The molecule has 0 saturated carbocycles. The molecular weight excluding hydrogens is 314 g/mol. The van der Waals surface area contributed by atoms with Crippen LogP contribution in [0.4, 0.5) is 5.69 Å². The molecule has 1 aliphatic rings. The standard InChI is InChI=1S/C17H26ClN3O2/c1-4-20(5-2)10-12-6-7-21(11-12)17(22)13-8-14(18)15(19)9-16(13)23-3/h8-9,12H,4-7,10-11,19H2,1-3H3. The molecule has 1 fully saturated rings. The number of nitrogens with zero attached hydrogens (tertiary/aromatic N) is 2. The van der Waals surface area contributed by atoms with Gasteiger partial charge in [-0.3, -0.25) is 4.79 Å². The van der Waals surface area contributed by atoms with Crippen LogP contribution in [0.3, 0.4) is 0 Å². The van der Waals surface area contributed by atoms with Crippen LogP contribution in [0.1, 0.15) is 30.6 Å². The highest BCUT2D eigenvalue weighted by molar-refractivity contribution is 6.33. The van der Waals surface area contributed by atoms with E-state index in [4.69, 9.17) is 22.1 Å². The van der Waals surface area contributed by atoms with Gasteiger partial charge >= 0.3 is 0 Å². The zero-order valence-electron chi connectivity index (χ0n) is 14.1. The maximum atomic E-state index is 12.8. The van der Waals surface area contributed by atoms with Crippen LogP contribution in [0.25, 0.3) is 0 Å². The first-order valence-corrected chi connectivity index (χ1v) is 8.52. The molecule has 0 aliphatic carbocycles. The van der Waals surface area contributed by atoms with Crippen molar-refractivity contribution in [2.45, 2.75) is 20.3 Å². The van der Waals surface area contributed by atoms with Crippen LogP contribution in [0.5, 0.6) is 5.75 Å². The first-order chi connectivity index (χ1) is 11.0. The Labute approximate surface area is 143 Å². The summed E-state index contributed by atoms with van der Waals surface area (Å²) in [6, 6.07) is 3.22. The van der Waals surface area contributed by atoms with Crippen LogP contribution in [-0.4, -0.2) is 55.5 Å². The minimum Gasteiger partial charge on any atom is -0.496 e. The number of likely N-dealkylation sites (tertiary alicyclic amines) is 1. The molecule has 1 atom stereocenters. The fourth-order valence-corrected chi connectivity index (χ4v) is 3.25. The average Bonchev–Trinajstić information content (AvgIpc) is 3.02. The van der Waals surface area contributed by atoms with Gasteiger partial charge in [-0.2, -0.15) is 0 Å². The summed E-state index contributed by atoms with van der Waals surface area (Å²) in [5, 5.41) is 0.382. The molecule has 1 saturated heterocycles. The number of amides is 1. The largest absolute Gasteiger partial charge is 0.496 e. The lowest BCUT2D eigenvalue weighted by atomic mass is 10.1. The zero-order valence-corrected chi connectivity index (χ0v) is 14.9. The molecule has 0 spiro atoms. The Bertz CT molecular complexity index is 561. The summed E-state index contributed by atoms with van der Waals surface area (Å²) >= 11 is 6.07. The zero-order chi connectivity index (χ0) is 17.0. The van der Waals surface area contributed by atoms with Gasteiger partial charge < -0.3 is 20.3 Å². The van der Waals surface area contributed by atoms with Crippen molar-refractivity contribution in [1.29, 1.82) is 0 Å². The summed E-state index contributed by atoms with van der Waals surface area (Å²) in [4.78, 5) is 17.1. The van der Waals surface area contributed by atoms with Gasteiger partial charge in [0.25, 0.3) is 5.91 Å². The summed E-state index contributed by atoms with van der Waals surface area (Å²) in [5.41, 5.74) is 6.68. The van der Waals surface area contributed by atoms with E-state index in [1.165, 1.54) is 7.11 Å². The van der Waals surface area contributed by atoms with E-state index < -0.39 is 0 Å². The first kappa shape index (κ1) is 17.9. The first-order valence-electron chi connectivity index (χ1n) is 8.14. The third kappa shape index (κ3) is 4.09. The molecular formula is C17H26ClN3O2. The number of halogens is 1. The molecule has 1 aliphatic heterocycles. The van der Waals surface area contributed by atoms with E-state index in [9.17, 15) is 4.79 Å². The van der Waals surface area contributed by atoms with Crippen LogP contribution in [-0.2, 0) is 0 Å². The van der Waals surface area contributed by atoms with E-state index in [1.807, 2.05) is 4.90 Å². The molecule has 1 unspecified atom stereocenters. The molecule has 23 heavy (non-hydrogen) atoms. The van der Waals surface area contributed by atoms with Crippen molar-refractivity contribution in [2.75, 3.05) is 45.6 Å². The van der Waals surface area contributed by atoms with Crippen molar-refractivity contribution in [2.24, 2.45) is 5.92 Å². The molecule has 1 aromatic rings. The molecule has 0 bridgehead atoms. The Kier molecular flexibility index (Phi) is 6.13. The highest BCUT2D eigenvalue weighted by Gasteiger charge is 2.29. The van der Waals surface area contributed by atoms with Gasteiger partial charge in [-0.25, -0.2) is 0 Å². The predicted octanol–water partition coefficient (Wildman–Crippen LogP) is 2.73. The fraction of sp³-hybridized carbons (Fsp3) is 0.588. The average molecular weight is 340 g/mol. The smallest absolute Gasteiger partial charge is 0.257 e. The van der Waals surface area contributed by atoms with Gasteiger partial charge in [0.2, 0.25) is 0 Å². The topological polar surface area (TPSA) is 58.8 Å². The third-order valence-corrected chi connectivity index (χ3v) is 4.86. The molecule has 6 heteroatoms. The molecule has 1 heterocycles. The van der Waals surface area contributed by atoms with Gasteiger partial charge in [0.1, 0.15) is 5.75 Å². The maximum Gasteiger partial charge on any atom is 0.257 e. The molecule has 2 N–H and O–H groups in total. The second kappa shape index (κ2) is 7.88. The van der Waals surface area contributed by atoms with Crippen LogP contribution in [0, 0.1) is 5.92 Å². The Morgan fingerprint density at radius 2 is 2.13 bits per heavy atom. The lowest BCUT2D eigenvalue weighted by Crippen LogP contribution is -2.33. The summed E-state index contributed by atoms with van der Waals surface area (Å²) in [6.07, 6.45) is 1.03. The molecule has 0 aromatic heterocycles. The molecule has 5 nitrogen and oxygen atoms in total. The second-order valence-electron chi connectivity index (χ2n) is 5.97. The number of nitrogen functional groups attached to an aromatic ring is 1. The van der Waals surface area contributed by atoms with E-state index >= 15 is 0 Å². The number of carbonyl (C=O) groups is 1. The third-order valence-electron chi connectivity index (χ3n) is 4.53. The van der Waals surface area contributed by atoms with E-state index in [0.29, 0.717) is 27.9 Å². The number of hydrogen-bond acceptors (Lipinski definition) is 4. The van der Waals surface area contributed by atoms with Gasteiger partial charge in [0, 0.05) is 25.7 Å². The summed E-state index contributed by atoms with van der Waals surface area (Å²) in [6.45, 7) is 9.02. The number of hydrogen-bond donors (Lipinski definition) is 1. The number of benzene rings is 1. The Balaban J connectivity index is 2.09. The van der Waals surface area contributed by atoms with Crippen molar-refractivity contribution < 1.29 is 9.53 Å². The lowest BCUT2D eigenvalue weighted by Gasteiger charge is -2.23. The lowest BCUT2D eigenvalue weighted by molar-refractivity contribution is 0.0780. The van der Waals surface area contributed by atoms with Crippen molar-refractivity contribution in [3.8, 4) is 5.75 Å². The highest BCUT2D eigenvalue weighted by Crippen LogP contribution is 2.31. The number of anilines is 1. The fourth-order valence-electron chi connectivity index (χ4n) is 3.09. The normalized spacial score (nSPS) is 17.8. The van der Waals surface area contributed by atoms with Crippen LogP contribution in [0.2, 0.25) is 5.02 Å². The summed E-state index contributed by atoms with van der Waals surface area (Å²) < 4.78 is 5.29. The quantitative estimate of drug-likeness (QED) is 0.810. The van der Waals surface area contributed by atoms with Crippen molar-refractivity contribution in [3.05, 3.63) is 22.7 Å². The van der Waals surface area contributed by atoms with Crippen LogP contribution in [0.15, 0.2) is 12.1 Å². The number of methoxy groups -OCH3 is 1. The number of rotatable bonds is 6. The minimum atomic E-state index is -0.0363. The second-order valence-corrected chi connectivity index (χ2v) is 6.37. The van der Waals surface area contributed by atoms with Crippen LogP contribution >= 0.6 is 11.6 Å². The Morgan fingerprint density at radius 1 is 1.43 bits per heavy atom. The molecule has 2 rings (SSSR count). The van der Waals surface area contributed by atoms with Gasteiger partial charge in [0.05, 0.1) is 23.4 Å². The van der Waals surface area contributed by atoms with E-state index in [2.05, 4.69) is 18.7 Å². The molecule has 1 amide bonds. The molecule has 1 aromatic carbocycles. The van der Waals surface area contributed by atoms with E-state index in [0.717, 1.165) is 39.1 Å². The van der Waals surface area contributed by atoms with E-state index in [1.54, 1.807) is 12.1 Å². The predicted molar refractivity (Wildman–Crippen MR) is 94.2 cm³/mol.